The molecule has 2 aromatic rings. The first-order valence-corrected chi connectivity index (χ1v) is 11.4. The molecule has 2 aliphatic heterocycles. The number of likely N-dealkylation sites (tertiary alicyclic amines) is 1. The van der Waals surface area contributed by atoms with Gasteiger partial charge >= 0.3 is 0 Å². The van der Waals surface area contributed by atoms with E-state index in [4.69, 9.17) is 0 Å². The molecule has 0 spiro atoms. The summed E-state index contributed by atoms with van der Waals surface area (Å²) in [5, 5.41) is 1.12. The molecule has 0 N–H and O–H groups in total. The predicted molar refractivity (Wildman–Crippen MR) is 117 cm³/mol. The van der Waals surface area contributed by atoms with Crippen LogP contribution < -0.4 is 0 Å². The average molecular weight is 415 g/mol. The minimum Gasteiger partial charge on any atom is -0.342 e. The van der Waals surface area contributed by atoms with Gasteiger partial charge < -0.3 is 9.80 Å². The number of thiophene rings is 1. The van der Waals surface area contributed by atoms with Gasteiger partial charge in [0.15, 0.2) is 0 Å². The number of fused-ring (bicyclic) bond motifs is 1. The Morgan fingerprint density at radius 2 is 1.66 bits per heavy atom. The van der Waals surface area contributed by atoms with Gasteiger partial charge in [-0.05, 0) is 57.2 Å². The van der Waals surface area contributed by atoms with Crippen LogP contribution in [0.5, 0.6) is 0 Å². The largest absolute Gasteiger partial charge is 0.342 e. The Morgan fingerprint density at radius 1 is 0.966 bits per heavy atom. The van der Waals surface area contributed by atoms with Crippen LogP contribution in [0.4, 0.5) is 0 Å². The third-order valence-electron chi connectivity index (χ3n) is 6.15. The van der Waals surface area contributed by atoms with Crippen LogP contribution in [0.3, 0.4) is 0 Å². The maximum Gasteiger partial charge on any atom is 0.264 e. The van der Waals surface area contributed by atoms with Crippen molar-refractivity contribution in [3.8, 4) is 0 Å². The van der Waals surface area contributed by atoms with E-state index in [0.29, 0.717) is 19.6 Å². The number of nitrogens with zero attached hydrogens (tertiary/aromatic N) is 4. The van der Waals surface area contributed by atoms with E-state index < -0.39 is 0 Å². The molecule has 156 valence electrons. The van der Waals surface area contributed by atoms with E-state index in [2.05, 4.69) is 22.9 Å². The minimum atomic E-state index is 0.101. The molecular weight excluding hydrogens is 384 g/mol. The number of aryl methyl sites for hydroxylation is 3. The summed E-state index contributed by atoms with van der Waals surface area (Å²) >= 11 is 1.51. The lowest BCUT2D eigenvalue weighted by Gasteiger charge is -2.36. The van der Waals surface area contributed by atoms with E-state index >= 15 is 0 Å². The zero-order chi connectivity index (χ0) is 20.5. The molecule has 6 nitrogen and oxygen atoms in total. The van der Waals surface area contributed by atoms with Crippen LogP contribution in [0.1, 0.15) is 45.8 Å². The summed E-state index contributed by atoms with van der Waals surface area (Å²) in [5.41, 5.74) is 3.21. The molecule has 2 aromatic heterocycles. The molecule has 0 saturated carbocycles. The highest BCUT2D eigenvalue weighted by Gasteiger charge is 2.28. The van der Waals surface area contributed by atoms with Crippen molar-refractivity contribution >= 4 is 33.4 Å². The highest BCUT2D eigenvalue weighted by atomic mass is 32.1. The van der Waals surface area contributed by atoms with Crippen LogP contribution in [0.2, 0.25) is 0 Å². The fourth-order valence-corrected chi connectivity index (χ4v) is 5.78. The van der Waals surface area contributed by atoms with E-state index in [-0.39, 0.29) is 11.8 Å². The van der Waals surface area contributed by atoms with Crippen LogP contribution in [0, 0.1) is 20.8 Å². The molecule has 0 atom stereocenters. The Kier molecular flexibility index (Phi) is 5.88. The third-order valence-corrected chi connectivity index (χ3v) is 7.32. The number of hydrogen-bond donors (Lipinski definition) is 0. The number of hydrogen-bond acceptors (Lipinski definition) is 5. The fraction of sp³-hybridized carbons (Fsp3) is 0.591. The quantitative estimate of drug-likeness (QED) is 0.775. The Labute approximate surface area is 176 Å². The number of amides is 2. The number of carbonyl (C=O) groups excluding carboxylic acids is 2. The monoisotopic (exact) mass is 414 g/mol. The number of carbonyl (C=O) groups is 2. The first-order chi connectivity index (χ1) is 13.9. The van der Waals surface area contributed by atoms with Gasteiger partial charge in [-0.2, -0.15) is 0 Å². The van der Waals surface area contributed by atoms with Gasteiger partial charge in [0.1, 0.15) is 4.83 Å². The first-order valence-electron chi connectivity index (χ1n) is 10.6. The van der Waals surface area contributed by atoms with Crippen molar-refractivity contribution in [3.63, 3.8) is 0 Å². The molecular formula is C22H30N4O2S. The predicted octanol–water partition coefficient (Wildman–Crippen LogP) is 2.99. The van der Waals surface area contributed by atoms with Crippen LogP contribution >= 0.6 is 11.3 Å². The van der Waals surface area contributed by atoms with Gasteiger partial charge in [0, 0.05) is 50.3 Å². The lowest BCUT2D eigenvalue weighted by Crippen LogP contribution is -2.52. The molecule has 2 amide bonds. The Balaban J connectivity index is 1.39. The summed E-state index contributed by atoms with van der Waals surface area (Å²) in [6.07, 6.45) is 3.48. The number of aromatic nitrogens is 1. The van der Waals surface area contributed by atoms with Gasteiger partial charge in [-0.3, -0.25) is 14.5 Å². The van der Waals surface area contributed by atoms with Gasteiger partial charge in [0.05, 0.1) is 11.4 Å². The zero-order valence-corrected chi connectivity index (χ0v) is 18.5. The Morgan fingerprint density at radius 3 is 2.34 bits per heavy atom. The smallest absolute Gasteiger partial charge is 0.264 e. The van der Waals surface area contributed by atoms with Crippen molar-refractivity contribution in [2.75, 3.05) is 45.8 Å². The van der Waals surface area contributed by atoms with Gasteiger partial charge in [-0.25, -0.2) is 4.98 Å². The topological polar surface area (TPSA) is 56.8 Å². The maximum atomic E-state index is 13.2. The SMILES string of the molecule is Cc1cc(C)c2c(C)c(C(=O)N3CCN(CC(=O)N4CCCCC4)CC3)sc2n1. The highest BCUT2D eigenvalue weighted by molar-refractivity contribution is 7.20. The van der Waals surface area contributed by atoms with E-state index in [9.17, 15) is 9.59 Å². The summed E-state index contributed by atoms with van der Waals surface area (Å²) in [7, 11) is 0. The molecule has 0 radical (unpaired) electrons. The first kappa shape index (κ1) is 20.3. The molecule has 4 rings (SSSR count). The van der Waals surface area contributed by atoms with E-state index in [1.807, 2.05) is 23.6 Å². The Bertz CT molecular complexity index is 925. The van der Waals surface area contributed by atoms with Crippen LogP contribution in [-0.4, -0.2) is 77.3 Å². The second-order valence-electron chi connectivity index (χ2n) is 8.33. The summed E-state index contributed by atoms with van der Waals surface area (Å²) in [5.74, 6) is 0.339. The molecule has 2 saturated heterocycles. The minimum absolute atomic E-state index is 0.101. The van der Waals surface area contributed by atoms with Gasteiger partial charge in [0.2, 0.25) is 5.91 Å². The second-order valence-corrected chi connectivity index (χ2v) is 9.33. The van der Waals surface area contributed by atoms with Gasteiger partial charge in [-0.15, -0.1) is 11.3 Å². The van der Waals surface area contributed by atoms with Crippen molar-refractivity contribution in [1.82, 2.24) is 19.7 Å². The van der Waals surface area contributed by atoms with Gasteiger partial charge in [-0.1, -0.05) is 0 Å². The summed E-state index contributed by atoms with van der Waals surface area (Å²) < 4.78 is 0. The fourth-order valence-electron chi connectivity index (χ4n) is 4.51. The number of piperazine rings is 1. The molecule has 29 heavy (non-hydrogen) atoms. The van der Waals surface area contributed by atoms with E-state index in [1.54, 1.807) is 0 Å². The van der Waals surface area contributed by atoms with Crippen LogP contribution in [0.25, 0.3) is 10.2 Å². The Hall–Kier alpha value is -1.99. The standard InChI is InChI=1S/C22H30N4O2S/c1-15-13-16(2)23-21-19(15)17(3)20(29-21)22(28)26-11-9-24(10-12-26)14-18(27)25-7-5-4-6-8-25/h13H,4-12,14H2,1-3H3. The maximum absolute atomic E-state index is 13.2. The third kappa shape index (κ3) is 4.16. The molecule has 0 bridgehead atoms. The van der Waals surface area contributed by atoms with Crippen LogP contribution in [0.15, 0.2) is 6.07 Å². The molecule has 2 fully saturated rings. The van der Waals surface area contributed by atoms with Crippen molar-refractivity contribution in [3.05, 3.63) is 27.8 Å². The lowest BCUT2D eigenvalue weighted by molar-refractivity contribution is -0.133. The zero-order valence-electron chi connectivity index (χ0n) is 17.7. The number of rotatable bonds is 3. The molecule has 7 heteroatoms. The second kappa shape index (κ2) is 8.40. The van der Waals surface area contributed by atoms with E-state index in [0.717, 1.165) is 65.4 Å². The summed E-state index contributed by atoms with van der Waals surface area (Å²) in [6, 6.07) is 2.08. The lowest BCUT2D eigenvalue weighted by atomic mass is 10.1. The van der Waals surface area contributed by atoms with Crippen molar-refractivity contribution in [2.45, 2.75) is 40.0 Å². The molecule has 0 unspecified atom stereocenters. The van der Waals surface area contributed by atoms with Crippen LogP contribution in [-0.2, 0) is 4.79 Å². The summed E-state index contributed by atoms with van der Waals surface area (Å²) in [4.78, 5) is 38.2. The van der Waals surface area contributed by atoms with E-state index in [1.165, 1.54) is 23.3 Å². The molecule has 0 aromatic carbocycles. The normalized spacial score (nSPS) is 18.4. The molecule has 2 aliphatic rings. The molecule has 4 heterocycles. The molecule has 0 aliphatic carbocycles. The number of pyridine rings is 1. The average Bonchev–Trinajstić information content (AvgIpc) is 3.05. The number of piperidine rings is 1. The highest BCUT2D eigenvalue weighted by Crippen LogP contribution is 2.33. The van der Waals surface area contributed by atoms with Crippen molar-refractivity contribution < 1.29 is 9.59 Å². The van der Waals surface area contributed by atoms with Crippen molar-refractivity contribution in [1.29, 1.82) is 0 Å². The van der Waals surface area contributed by atoms with Crippen molar-refractivity contribution in [2.24, 2.45) is 0 Å². The summed E-state index contributed by atoms with van der Waals surface area (Å²) in [6.45, 7) is 11.2. The van der Waals surface area contributed by atoms with Gasteiger partial charge in [0.25, 0.3) is 5.91 Å².